The number of rotatable bonds is 5. The molecule has 0 aromatic carbocycles. The van der Waals surface area contributed by atoms with Crippen LogP contribution in [0.15, 0.2) is 6.33 Å². The van der Waals surface area contributed by atoms with E-state index in [4.69, 9.17) is 4.74 Å². The number of ether oxygens (including phenoxy) is 1. The van der Waals surface area contributed by atoms with Gasteiger partial charge in [-0.1, -0.05) is 13.8 Å². The van der Waals surface area contributed by atoms with Crippen LogP contribution in [0.4, 0.5) is 11.6 Å². The second kappa shape index (κ2) is 6.77. The van der Waals surface area contributed by atoms with Crippen LogP contribution >= 0.6 is 0 Å². The van der Waals surface area contributed by atoms with Gasteiger partial charge in [-0.3, -0.25) is 0 Å². The molecule has 5 heteroatoms. The molecule has 5 nitrogen and oxygen atoms in total. The van der Waals surface area contributed by atoms with Crippen molar-refractivity contribution in [3.63, 3.8) is 0 Å². The van der Waals surface area contributed by atoms with Crippen LogP contribution in [0.2, 0.25) is 0 Å². The highest BCUT2D eigenvalue weighted by molar-refractivity contribution is 5.64. The third-order valence-corrected chi connectivity index (χ3v) is 4.12. The lowest BCUT2D eigenvalue weighted by Crippen LogP contribution is -2.36. The molecular formula is C15H26N4O. The second-order valence-electron chi connectivity index (χ2n) is 5.68. The molecule has 1 fully saturated rings. The Labute approximate surface area is 121 Å². The van der Waals surface area contributed by atoms with Gasteiger partial charge in [0.15, 0.2) is 11.6 Å². The Morgan fingerprint density at radius 3 is 2.60 bits per heavy atom. The summed E-state index contributed by atoms with van der Waals surface area (Å²) in [7, 11) is 1.68. The van der Waals surface area contributed by atoms with Crippen LogP contribution in [0.1, 0.15) is 33.6 Å². The maximum atomic E-state index is 5.53. The van der Waals surface area contributed by atoms with E-state index in [1.807, 2.05) is 0 Å². The van der Waals surface area contributed by atoms with Gasteiger partial charge in [0.05, 0.1) is 7.11 Å². The SMILES string of the molecule is CCNc1ncnc(N2CCC(C(C)C)CC2)c1OC. The first-order chi connectivity index (χ1) is 9.67. The normalized spacial score (nSPS) is 16.6. The predicted molar refractivity (Wildman–Crippen MR) is 82.5 cm³/mol. The van der Waals surface area contributed by atoms with E-state index in [0.29, 0.717) is 0 Å². The van der Waals surface area contributed by atoms with Crippen molar-refractivity contribution in [2.75, 3.05) is 37.0 Å². The highest BCUT2D eigenvalue weighted by Gasteiger charge is 2.25. The maximum Gasteiger partial charge on any atom is 0.204 e. The molecule has 0 aliphatic carbocycles. The van der Waals surface area contributed by atoms with E-state index >= 15 is 0 Å². The molecule has 1 aromatic heterocycles. The third-order valence-electron chi connectivity index (χ3n) is 4.12. The molecule has 1 aliphatic heterocycles. The zero-order valence-corrected chi connectivity index (χ0v) is 13.0. The summed E-state index contributed by atoms with van der Waals surface area (Å²) in [6.07, 6.45) is 4.06. The Morgan fingerprint density at radius 1 is 1.35 bits per heavy atom. The molecular weight excluding hydrogens is 252 g/mol. The predicted octanol–water partition coefficient (Wildman–Crippen LogP) is 2.79. The van der Waals surface area contributed by atoms with E-state index in [9.17, 15) is 0 Å². The van der Waals surface area contributed by atoms with Crippen LogP contribution in [0.25, 0.3) is 0 Å². The smallest absolute Gasteiger partial charge is 0.204 e. The molecule has 0 atom stereocenters. The van der Waals surface area contributed by atoms with Gasteiger partial charge in [0.25, 0.3) is 0 Å². The van der Waals surface area contributed by atoms with Crippen molar-refractivity contribution in [2.45, 2.75) is 33.6 Å². The zero-order chi connectivity index (χ0) is 14.5. The molecule has 1 saturated heterocycles. The van der Waals surface area contributed by atoms with Crippen LogP contribution in [0.5, 0.6) is 5.75 Å². The molecule has 20 heavy (non-hydrogen) atoms. The minimum absolute atomic E-state index is 0.761. The van der Waals surface area contributed by atoms with Gasteiger partial charge in [-0.25, -0.2) is 9.97 Å². The van der Waals surface area contributed by atoms with Crippen molar-refractivity contribution in [3.8, 4) is 5.75 Å². The third kappa shape index (κ3) is 3.14. The topological polar surface area (TPSA) is 50.3 Å². The van der Waals surface area contributed by atoms with Gasteiger partial charge in [0.2, 0.25) is 5.75 Å². The Bertz CT molecular complexity index is 428. The summed E-state index contributed by atoms with van der Waals surface area (Å²) in [6, 6.07) is 0. The van der Waals surface area contributed by atoms with E-state index in [0.717, 1.165) is 48.9 Å². The summed E-state index contributed by atoms with van der Waals surface area (Å²) in [5.74, 6) is 4.05. The maximum absolute atomic E-state index is 5.53. The fourth-order valence-electron chi connectivity index (χ4n) is 2.85. The van der Waals surface area contributed by atoms with Crippen LogP contribution in [-0.4, -0.2) is 36.7 Å². The highest BCUT2D eigenvalue weighted by Crippen LogP contribution is 2.35. The molecule has 112 valence electrons. The van der Waals surface area contributed by atoms with Gasteiger partial charge in [-0.05, 0) is 31.6 Å². The van der Waals surface area contributed by atoms with Crippen molar-refractivity contribution in [1.29, 1.82) is 0 Å². The van der Waals surface area contributed by atoms with Gasteiger partial charge >= 0.3 is 0 Å². The van der Waals surface area contributed by atoms with Gasteiger partial charge < -0.3 is 15.0 Å². The molecule has 0 saturated carbocycles. The summed E-state index contributed by atoms with van der Waals surface area (Å²) >= 11 is 0. The molecule has 2 heterocycles. The van der Waals surface area contributed by atoms with Crippen molar-refractivity contribution in [3.05, 3.63) is 6.33 Å². The van der Waals surface area contributed by atoms with E-state index < -0.39 is 0 Å². The average molecular weight is 278 g/mol. The Balaban J connectivity index is 2.15. The fraction of sp³-hybridized carbons (Fsp3) is 0.733. The molecule has 1 aromatic rings. The number of nitrogens with zero attached hydrogens (tertiary/aromatic N) is 3. The summed E-state index contributed by atoms with van der Waals surface area (Å²) < 4.78 is 5.53. The molecule has 0 unspecified atom stereocenters. The molecule has 0 radical (unpaired) electrons. The lowest BCUT2D eigenvalue weighted by atomic mass is 9.87. The largest absolute Gasteiger partial charge is 0.490 e. The second-order valence-corrected chi connectivity index (χ2v) is 5.68. The fourth-order valence-corrected chi connectivity index (χ4v) is 2.85. The summed E-state index contributed by atoms with van der Waals surface area (Å²) in [4.78, 5) is 11.0. The number of hydrogen-bond donors (Lipinski definition) is 1. The summed E-state index contributed by atoms with van der Waals surface area (Å²) in [5.41, 5.74) is 0. The van der Waals surface area contributed by atoms with Gasteiger partial charge in [-0.2, -0.15) is 0 Å². The molecule has 1 aliphatic rings. The van der Waals surface area contributed by atoms with Crippen molar-refractivity contribution in [2.24, 2.45) is 11.8 Å². The number of hydrogen-bond acceptors (Lipinski definition) is 5. The van der Waals surface area contributed by atoms with Crippen molar-refractivity contribution in [1.82, 2.24) is 9.97 Å². The lowest BCUT2D eigenvalue weighted by Gasteiger charge is -2.35. The van der Waals surface area contributed by atoms with Crippen LogP contribution in [0.3, 0.4) is 0 Å². The number of piperidine rings is 1. The van der Waals surface area contributed by atoms with E-state index in [1.165, 1.54) is 12.8 Å². The first-order valence-corrected chi connectivity index (χ1v) is 7.55. The average Bonchev–Trinajstić information content (AvgIpc) is 2.47. The molecule has 0 bridgehead atoms. The molecule has 1 N–H and O–H groups in total. The minimum Gasteiger partial charge on any atom is -0.490 e. The summed E-state index contributed by atoms with van der Waals surface area (Å²) in [6.45, 7) is 9.59. The zero-order valence-electron chi connectivity index (χ0n) is 13.0. The quantitative estimate of drug-likeness (QED) is 0.897. The van der Waals surface area contributed by atoms with Gasteiger partial charge in [0, 0.05) is 19.6 Å². The van der Waals surface area contributed by atoms with E-state index in [2.05, 4.69) is 41.0 Å². The number of anilines is 2. The highest BCUT2D eigenvalue weighted by atomic mass is 16.5. The molecule has 2 rings (SSSR count). The van der Waals surface area contributed by atoms with Crippen LogP contribution < -0.4 is 15.0 Å². The van der Waals surface area contributed by atoms with E-state index in [-0.39, 0.29) is 0 Å². The molecule has 0 spiro atoms. The molecule has 0 amide bonds. The first-order valence-electron chi connectivity index (χ1n) is 7.55. The van der Waals surface area contributed by atoms with Crippen molar-refractivity contribution < 1.29 is 4.74 Å². The number of methoxy groups -OCH3 is 1. The number of aromatic nitrogens is 2. The Morgan fingerprint density at radius 2 is 2.05 bits per heavy atom. The lowest BCUT2D eigenvalue weighted by molar-refractivity contribution is 0.309. The monoisotopic (exact) mass is 278 g/mol. The number of nitrogens with one attached hydrogen (secondary N) is 1. The standard InChI is InChI=1S/C15H26N4O/c1-5-16-14-13(20-4)15(18-10-17-14)19-8-6-12(7-9-19)11(2)3/h10-12H,5-9H2,1-4H3,(H,16,17,18). The summed E-state index contributed by atoms with van der Waals surface area (Å²) in [5, 5.41) is 3.23. The first kappa shape index (κ1) is 14.9. The Hall–Kier alpha value is -1.52. The van der Waals surface area contributed by atoms with Crippen molar-refractivity contribution >= 4 is 11.6 Å². The Kier molecular flexibility index (Phi) is 5.04. The van der Waals surface area contributed by atoms with Gasteiger partial charge in [0.1, 0.15) is 6.33 Å². The van der Waals surface area contributed by atoms with Crippen LogP contribution in [0, 0.1) is 11.8 Å². The van der Waals surface area contributed by atoms with E-state index in [1.54, 1.807) is 13.4 Å². The minimum atomic E-state index is 0.761. The van der Waals surface area contributed by atoms with Gasteiger partial charge in [-0.15, -0.1) is 0 Å². The van der Waals surface area contributed by atoms with Crippen LogP contribution in [-0.2, 0) is 0 Å².